The first kappa shape index (κ1) is 18.7. The van der Waals surface area contributed by atoms with E-state index in [-0.39, 0.29) is 11.2 Å². The predicted octanol–water partition coefficient (Wildman–Crippen LogP) is 1.94. The van der Waals surface area contributed by atoms with Gasteiger partial charge < -0.3 is 15.1 Å². The Morgan fingerprint density at radius 2 is 1.93 bits per heavy atom. The second-order valence-corrected chi connectivity index (χ2v) is 8.40. The summed E-state index contributed by atoms with van der Waals surface area (Å²) in [6.45, 7) is 6.82. The lowest BCUT2D eigenvalue weighted by Crippen LogP contribution is -2.47. The lowest BCUT2D eigenvalue weighted by molar-refractivity contribution is -0.136. The number of benzene rings is 1. The van der Waals surface area contributed by atoms with E-state index in [9.17, 15) is 9.18 Å². The van der Waals surface area contributed by atoms with Crippen LogP contribution < -0.4 is 10.2 Å². The minimum atomic E-state index is -0.171. The summed E-state index contributed by atoms with van der Waals surface area (Å²) >= 11 is 0. The van der Waals surface area contributed by atoms with Crippen LogP contribution in [0.3, 0.4) is 0 Å². The molecule has 3 heterocycles. The summed E-state index contributed by atoms with van der Waals surface area (Å²) in [6, 6.07) is 7.25. The van der Waals surface area contributed by atoms with Crippen molar-refractivity contribution < 1.29 is 9.18 Å². The molecule has 0 saturated carbocycles. The molecule has 5 nitrogen and oxygen atoms in total. The van der Waals surface area contributed by atoms with Crippen LogP contribution in [0.1, 0.15) is 25.7 Å². The van der Waals surface area contributed by atoms with Crippen molar-refractivity contribution in [2.45, 2.75) is 31.7 Å². The van der Waals surface area contributed by atoms with E-state index >= 15 is 0 Å². The van der Waals surface area contributed by atoms with Crippen molar-refractivity contribution in [3.8, 4) is 0 Å². The molecule has 3 aliphatic heterocycles. The van der Waals surface area contributed by atoms with Crippen LogP contribution in [-0.4, -0.2) is 74.6 Å². The fraction of sp³-hybridized carbons (Fsp3) is 0.667. The van der Waals surface area contributed by atoms with E-state index in [1.54, 1.807) is 12.1 Å². The first-order valence-electron chi connectivity index (χ1n) is 10.3. The predicted molar refractivity (Wildman–Crippen MR) is 105 cm³/mol. The molecule has 0 radical (unpaired) electrons. The maximum atomic E-state index is 13.4. The zero-order chi connectivity index (χ0) is 18.9. The Labute approximate surface area is 161 Å². The highest BCUT2D eigenvalue weighted by Gasteiger charge is 2.49. The smallest absolute Gasteiger partial charge is 0.228 e. The summed E-state index contributed by atoms with van der Waals surface area (Å²) in [5, 5.41) is 3.38. The van der Waals surface area contributed by atoms with Gasteiger partial charge in [0.05, 0.1) is 5.41 Å². The minimum absolute atomic E-state index is 0.0965. The van der Waals surface area contributed by atoms with Crippen LogP contribution in [0.5, 0.6) is 0 Å². The van der Waals surface area contributed by atoms with Crippen molar-refractivity contribution in [1.29, 1.82) is 0 Å². The van der Waals surface area contributed by atoms with Gasteiger partial charge in [-0.3, -0.25) is 9.69 Å². The van der Waals surface area contributed by atoms with E-state index in [1.165, 1.54) is 6.07 Å². The topological polar surface area (TPSA) is 38.8 Å². The number of halogens is 1. The number of hydrogen-bond acceptors (Lipinski definition) is 4. The molecule has 4 rings (SSSR count). The van der Waals surface area contributed by atoms with Gasteiger partial charge in [0.2, 0.25) is 5.91 Å². The first-order chi connectivity index (χ1) is 13.1. The van der Waals surface area contributed by atoms with Gasteiger partial charge in [-0.1, -0.05) is 6.07 Å². The summed E-state index contributed by atoms with van der Waals surface area (Å²) in [7, 11) is 1.99. The van der Waals surface area contributed by atoms with Gasteiger partial charge in [-0.05, 0) is 57.0 Å². The fourth-order valence-corrected chi connectivity index (χ4v) is 5.07. The molecule has 27 heavy (non-hydrogen) atoms. The van der Waals surface area contributed by atoms with Gasteiger partial charge >= 0.3 is 0 Å². The highest BCUT2D eigenvalue weighted by molar-refractivity contribution is 5.85. The van der Waals surface area contributed by atoms with Crippen molar-refractivity contribution in [3.63, 3.8) is 0 Å². The van der Waals surface area contributed by atoms with Gasteiger partial charge in [0.25, 0.3) is 0 Å². The molecular weight excluding hydrogens is 343 g/mol. The summed E-state index contributed by atoms with van der Waals surface area (Å²) in [5.41, 5.74) is 0.879. The number of carbonyl (C=O) groups excluding carboxylic acids is 1. The zero-order valence-corrected chi connectivity index (χ0v) is 16.3. The van der Waals surface area contributed by atoms with Crippen LogP contribution in [0.15, 0.2) is 24.3 Å². The van der Waals surface area contributed by atoms with Gasteiger partial charge in [-0.2, -0.15) is 0 Å². The van der Waals surface area contributed by atoms with E-state index in [1.807, 2.05) is 18.0 Å². The van der Waals surface area contributed by atoms with Gasteiger partial charge in [0.1, 0.15) is 5.82 Å². The van der Waals surface area contributed by atoms with Crippen molar-refractivity contribution >= 4 is 11.6 Å². The largest absolute Gasteiger partial charge is 0.369 e. The van der Waals surface area contributed by atoms with Gasteiger partial charge in [-0.15, -0.1) is 0 Å². The quantitative estimate of drug-likeness (QED) is 0.874. The molecule has 0 bridgehead atoms. The molecule has 3 aliphatic rings. The Kier molecular flexibility index (Phi) is 5.37. The number of hydrogen-bond donors (Lipinski definition) is 1. The molecule has 1 amide bonds. The first-order valence-corrected chi connectivity index (χ1v) is 10.3. The minimum Gasteiger partial charge on any atom is -0.369 e. The molecular formula is C21H31FN4O. The van der Waals surface area contributed by atoms with Gasteiger partial charge in [-0.25, -0.2) is 4.39 Å². The number of amides is 1. The van der Waals surface area contributed by atoms with Crippen LogP contribution in [0, 0.1) is 11.2 Å². The Morgan fingerprint density at radius 1 is 1.19 bits per heavy atom. The van der Waals surface area contributed by atoms with Crippen molar-refractivity contribution in [2.75, 3.05) is 57.8 Å². The number of nitrogens with one attached hydrogen (secondary N) is 1. The molecule has 1 aromatic rings. The average molecular weight is 375 g/mol. The van der Waals surface area contributed by atoms with E-state index in [2.05, 4.69) is 15.1 Å². The summed E-state index contributed by atoms with van der Waals surface area (Å²) in [5.74, 6) is 0.195. The lowest BCUT2D eigenvalue weighted by Gasteiger charge is -2.36. The Balaban J connectivity index is 1.27. The van der Waals surface area contributed by atoms with Crippen LogP contribution in [0.4, 0.5) is 10.1 Å². The van der Waals surface area contributed by atoms with E-state index in [4.69, 9.17) is 0 Å². The monoisotopic (exact) mass is 374 g/mol. The summed E-state index contributed by atoms with van der Waals surface area (Å²) in [6.07, 6.45) is 4.04. The third kappa shape index (κ3) is 3.83. The Hall–Kier alpha value is -1.66. The number of nitrogens with zero attached hydrogens (tertiary/aromatic N) is 3. The molecule has 3 fully saturated rings. The van der Waals surface area contributed by atoms with Crippen LogP contribution >= 0.6 is 0 Å². The van der Waals surface area contributed by atoms with Gasteiger partial charge in [0, 0.05) is 51.5 Å². The van der Waals surface area contributed by atoms with Crippen LogP contribution in [0.2, 0.25) is 0 Å². The molecule has 0 unspecified atom stereocenters. The fourth-order valence-electron chi connectivity index (χ4n) is 5.07. The van der Waals surface area contributed by atoms with E-state index < -0.39 is 0 Å². The maximum Gasteiger partial charge on any atom is 0.228 e. The second-order valence-electron chi connectivity index (χ2n) is 8.40. The molecule has 3 saturated heterocycles. The lowest BCUT2D eigenvalue weighted by atomic mass is 9.76. The highest BCUT2D eigenvalue weighted by Crippen LogP contribution is 2.43. The summed E-state index contributed by atoms with van der Waals surface area (Å²) in [4.78, 5) is 19.6. The Morgan fingerprint density at radius 3 is 2.63 bits per heavy atom. The normalized spacial score (nSPS) is 26.1. The molecule has 0 aliphatic carbocycles. The summed E-state index contributed by atoms with van der Waals surface area (Å²) < 4.78 is 13.4. The molecule has 148 valence electrons. The van der Waals surface area contributed by atoms with Crippen molar-refractivity contribution in [3.05, 3.63) is 30.1 Å². The van der Waals surface area contributed by atoms with E-state index in [0.717, 1.165) is 77.2 Å². The van der Waals surface area contributed by atoms with Crippen molar-refractivity contribution in [2.24, 2.45) is 5.41 Å². The second kappa shape index (κ2) is 7.76. The third-order valence-electron chi connectivity index (χ3n) is 6.83. The third-order valence-corrected chi connectivity index (χ3v) is 6.83. The number of likely N-dealkylation sites (tertiary alicyclic amines) is 1. The van der Waals surface area contributed by atoms with Crippen LogP contribution in [0.25, 0.3) is 0 Å². The van der Waals surface area contributed by atoms with Gasteiger partial charge in [0.15, 0.2) is 0 Å². The molecule has 6 heteroatoms. The molecule has 1 atom stereocenters. The average Bonchev–Trinajstić information content (AvgIpc) is 2.92. The molecule has 0 aromatic heterocycles. The standard InChI is InChI=1S/C21H31FN4O/c1-24-19(16-21(20(24)27)6-8-23-9-7-21)5-10-25-11-13-26(14-12-25)18-4-2-3-17(22)15-18/h2-4,15,19,23H,5-14,16H2,1H3/t19-/m0/s1. The Bertz CT molecular complexity index is 668. The molecule has 1 N–H and O–H groups in total. The van der Waals surface area contributed by atoms with E-state index in [0.29, 0.717) is 11.9 Å². The SMILES string of the molecule is CN1C(=O)C2(CCNCC2)C[C@@H]1CCN1CCN(c2cccc(F)c2)CC1. The molecule has 1 aromatic carbocycles. The maximum absolute atomic E-state index is 13.4. The zero-order valence-electron chi connectivity index (χ0n) is 16.3. The molecule has 1 spiro atoms. The number of piperazine rings is 1. The number of anilines is 1. The number of carbonyl (C=O) groups is 1. The number of rotatable bonds is 4. The van der Waals surface area contributed by atoms with Crippen LogP contribution in [-0.2, 0) is 4.79 Å². The van der Waals surface area contributed by atoms with Crippen molar-refractivity contribution in [1.82, 2.24) is 15.1 Å². The highest BCUT2D eigenvalue weighted by atomic mass is 19.1. The number of piperidine rings is 1.